The van der Waals surface area contributed by atoms with Crippen LogP contribution in [0.2, 0.25) is 0 Å². The van der Waals surface area contributed by atoms with Gasteiger partial charge in [-0.2, -0.15) is 0 Å². The molecule has 0 spiro atoms. The maximum absolute atomic E-state index is 0. The Morgan fingerprint density at radius 2 is 0.500 bits per heavy atom. The average molecular weight is 319 g/mol. The van der Waals surface area contributed by atoms with Gasteiger partial charge in [0, 0.05) is 38.1 Å². The zero-order valence-electron chi connectivity index (χ0n) is 2.71. The van der Waals surface area contributed by atoms with Crippen LogP contribution in [0.5, 0.6) is 0 Å². The van der Waals surface area contributed by atoms with Crippen LogP contribution in [0.3, 0.4) is 0 Å². The predicted molar refractivity (Wildman–Crippen MR) is 14.5 cm³/mol. The van der Waals surface area contributed by atoms with Crippen LogP contribution in [-0.4, -0.2) is 21.9 Å². The zero-order valence-corrected chi connectivity index (χ0v) is 6.58. The smallest absolute Gasteiger partial charge is 0 e. The summed E-state index contributed by atoms with van der Waals surface area (Å²) in [5, 5.41) is 0. The molecule has 0 atom stereocenters. The quantitative estimate of drug-likeness (QED) is 0.415. The Bertz CT molecular complexity index is 7.51. The number of hydrogen-bond donors (Lipinski definition) is 0. The summed E-state index contributed by atoms with van der Waals surface area (Å²) in [4.78, 5) is 0. The predicted octanol–water partition coefficient (Wildman–Crippen LogP) is -3.30. The molecule has 0 bridgehead atoms. The van der Waals surface area contributed by atoms with Gasteiger partial charge in [-0.15, -0.1) is 0 Å². The van der Waals surface area contributed by atoms with Gasteiger partial charge in [0.2, 0.25) is 0 Å². The molecule has 0 aliphatic heterocycles. The topological polar surface area (TPSA) is 126 Å². The van der Waals surface area contributed by atoms with Gasteiger partial charge in [0.1, 0.15) is 0 Å². The van der Waals surface area contributed by atoms with Crippen molar-refractivity contribution in [1.29, 1.82) is 0 Å². The normalized spacial score (nSPS) is 0. The summed E-state index contributed by atoms with van der Waals surface area (Å²) in [6, 6.07) is 0. The maximum atomic E-state index is 0. The van der Waals surface area contributed by atoms with E-state index in [1.54, 1.807) is 0 Å². The Labute approximate surface area is 60.3 Å². The first-order valence-electron chi connectivity index (χ1n) is 0. The minimum absolute atomic E-state index is 0. The monoisotopic (exact) mass is 319 g/mol. The van der Waals surface area contributed by atoms with Gasteiger partial charge in [-0.05, 0) is 0 Å². The van der Waals surface area contributed by atoms with Crippen molar-refractivity contribution in [2.24, 2.45) is 0 Å². The van der Waals surface area contributed by atoms with E-state index in [1.807, 2.05) is 0 Å². The molecule has 4 nitrogen and oxygen atoms in total. The third-order valence-corrected chi connectivity index (χ3v) is 0. The molecule has 0 saturated carbocycles. The largest absolute Gasteiger partial charge is 0.412 e. The Balaban J connectivity index is 0. The molecule has 0 saturated heterocycles. The van der Waals surface area contributed by atoms with E-state index in [2.05, 4.69) is 0 Å². The van der Waals surface area contributed by atoms with Crippen molar-refractivity contribution in [3.8, 4) is 0 Å². The van der Waals surface area contributed by atoms with E-state index < -0.39 is 0 Å². The summed E-state index contributed by atoms with van der Waals surface area (Å²) in [5.74, 6) is 0. The van der Waals surface area contributed by atoms with Crippen LogP contribution in [0.4, 0.5) is 0 Å². The van der Waals surface area contributed by atoms with Gasteiger partial charge in [-0.1, -0.05) is 0 Å². The van der Waals surface area contributed by atoms with Crippen LogP contribution >= 0.6 is 0 Å². The molecule has 0 amide bonds. The molecular formula is H8CuO4W. The molecule has 6 heteroatoms. The fourth-order valence-corrected chi connectivity index (χ4v) is 0. The van der Waals surface area contributed by atoms with E-state index in [9.17, 15) is 0 Å². The molecule has 0 heterocycles. The van der Waals surface area contributed by atoms with Crippen LogP contribution in [0.25, 0.3) is 0 Å². The first-order valence-corrected chi connectivity index (χ1v) is 0. The van der Waals surface area contributed by atoms with E-state index in [1.165, 1.54) is 0 Å². The molecule has 0 rings (SSSR count). The van der Waals surface area contributed by atoms with Gasteiger partial charge in [0.15, 0.2) is 0 Å². The molecule has 0 aromatic heterocycles. The first kappa shape index (κ1) is 235. The van der Waals surface area contributed by atoms with E-state index in [-0.39, 0.29) is 60.0 Å². The fraction of sp³-hybridized carbons (Fsp3) is 0. The third-order valence-electron chi connectivity index (χ3n) is 0. The Hall–Kier alpha value is 1.05. The van der Waals surface area contributed by atoms with Gasteiger partial charge in [-0.25, -0.2) is 0 Å². The van der Waals surface area contributed by atoms with E-state index >= 15 is 0 Å². The van der Waals surface area contributed by atoms with Crippen molar-refractivity contribution >= 4 is 0 Å². The second kappa shape index (κ2) is 140. The molecule has 0 aliphatic rings. The maximum Gasteiger partial charge on any atom is 0 e. The molecule has 0 unspecified atom stereocenters. The molecular weight excluding hydrogens is 311 g/mol. The molecule has 0 aromatic rings. The molecule has 1 radical (unpaired) electrons. The summed E-state index contributed by atoms with van der Waals surface area (Å²) in [6.45, 7) is 0. The van der Waals surface area contributed by atoms with Crippen molar-refractivity contribution in [3.63, 3.8) is 0 Å². The molecule has 49 valence electrons. The molecule has 6 heavy (non-hydrogen) atoms. The summed E-state index contributed by atoms with van der Waals surface area (Å²) in [6.07, 6.45) is 0. The zero-order chi connectivity index (χ0) is 0. The Morgan fingerprint density at radius 1 is 0.500 bits per heavy atom. The fourth-order valence-electron chi connectivity index (χ4n) is 0. The number of hydrogen-bond acceptors (Lipinski definition) is 0. The van der Waals surface area contributed by atoms with E-state index in [4.69, 9.17) is 0 Å². The van der Waals surface area contributed by atoms with Crippen molar-refractivity contribution in [2.75, 3.05) is 0 Å². The second-order valence-electron chi connectivity index (χ2n) is 0. The minimum Gasteiger partial charge on any atom is -0.412 e. The van der Waals surface area contributed by atoms with E-state index in [0.717, 1.165) is 0 Å². The van der Waals surface area contributed by atoms with Crippen molar-refractivity contribution in [2.45, 2.75) is 0 Å². The standard InChI is InChI=1S/Cu.4H2O.W/h;4*1H2;. The summed E-state index contributed by atoms with van der Waals surface area (Å²) < 4.78 is 0. The molecule has 0 aromatic carbocycles. The summed E-state index contributed by atoms with van der Waals surface area (Å²) in [7, 11) is 0. The van der Waals surface area contributed by atoms with Crippen LogP contribution in [0.15, 0.2) is 0 Å². The first-order chi connectivity index (χ1) is 0. The number of rotatable bonds is 0. The average Bonchev–Trinajstić information content (AvgIpc) is 0. The SMILES string of the molecule is O.O.O.O.[Cu].[W]. The van der Waals surface area contributed by atoms with Gasteiger partial charge in [0.25, 0.3) is 0 Å². The molecule has 0 fully saturated rings. The van der Waals surface area contributed by atoms with Gasteiger partial charge in [0.05, 0.1) is 0 Å². The molecule has 0 aliphatic carbocycles. The van der Waals surface area contributed by atoms with E-state index in [0.29, 0.717) is 0 Å². The minimum atomic E-state index is 0. The summed E-state index contributed by atoms with van der Waals surface area (Å²) >= 11 is 0. The van der Waals surface area contributed by atoms with Gasteiger partial charge in [-0.3, -0.25) is 0 Å². The Kier molecular flexibility index (Phi) is 5490. The summed E-state index contributed by atoms with van der Waals surface area (Å²) in [5.41, 5.74) is 0. The third kappa shape index (κ3) is 75.3. The van der Waals surface area contributed by atoms with Crippen LogP contribution in [0, 0.1) is 0 Å². The van der Waals surface area contributed by atoms with Crippen molar-refractivity contribution in [1.82, 2.24) is 0 Å². The molecule has 8 N–H and O–H groups in total. The Morgan fingerprint density at radius 3 is 0.500 bits per heavy atom. The van der Waals surface area contributed by atoms with Crippen LogP contribution in [0.1, 0.15) is 0 Å². The van der Waals surface area contributed by atoms with Crippen LogP contribution in [-0.2, 0) is 38.1 Å². The van der Waals surface area contributed by atoms with Crippen molar-refractivity contribution in [3.05, 3.63) is 0 Å². The van der Waals surface area contributed by atoms with Gasteiger partial charge < -0.3 is 21.9 Å². The van der Waals surface area contributed by atoms with Crippen LogP contribution < -0.4 is 0 Å². The van der Waals surface area contributed by atoms with Crippen molar-refractivity contribution < 1.29 is 60.0 Å². The van der Waals surface area contributed by atoms with Gasteiger partial charge >= 0.3 is 0 Å². The second-order valence-corrected chi connectivity index (χ2v) is 0.